The summed E-state index contributed by atoms with van der Waals surface area (Å²) in [6.07, 6.45) is 0. The number of methoxy groups -OCH3 is 1. The molecule has 0 saturated heterocycles. The lowest BCUT2D eigenvalue weighted by atomic mass is 10.1. The van der Waals surface area contributed by atoms with E-state index < -0.39 is 0 Å². The second kappa shape index (κ2) is 4.77. The normalized spacial score (nSPS) is 10.1. The molecule has 1 aromatic carbocycles. The zero-order valence-corrected chi connectivity index (χ0v) is 9.05. The van der Waals surface area contributed by atoms with E-state index in [1.807, 2.05) is 36.4 Å². The number of hydrogen-bond donors (Lipinski definition) is 1. The molecule has 0 unspecified atom stereocenters. The smallest absolute Gasteiger partial charge is 0.221 e. The third-order valence-corrected chi connectivity index (χ3v) is 2.36. The molecule has 0 saturated carbocycles. The quantitative estimate of drug-likeness (QED) is 0.853. The monoisotopic (exact) mass is 215 g/mol. The van der Waals surface area contributed by atoms with Crippen molar-refractivity contribution in [3.63, 3.8) is 0 Å². The fourth-order valence-electron chi connectivity index (χ4n) is 1.56. The summed E-state index contributed by atoms with van der Waals surface area (Å²) in [6.45, 7) is -0.0779. The van der Waals surface area contributed by atoms with Crippen LogP contribution in [-0.4, -0.2) is 17.2 Å². The molecular formula is C13H13NO2. The molecule has 82 valence electrons. The van der Waals surface area contributed by atoms with Crippen molar-refractivity contribution in [2.75, 3.05) is 7.11 Å². The number of nitrogens with zero attached hydrogens (tertiary/aromatic N) is 1. The number of rotatable bonds is 3. The lowest BCUT2D eigenvalue weighted by Crippen LogP contribution is -1.96. The van der Waals surface area contributed by atoms with Crippen LogP contribution in [0.2, 0.25) is 0 Å². The van der Waals surface area contributed by atoms with E-state index in [9.17, 15) is 0 Å². The zero-order valence-electron chi connectivity index (χ0n) is 9.05. The van der Waals surface area contributed by atoms with E-state index in [0.29, 0.717) is 11.6 Å². The summed E-state index contributed by atoms with van der Waals surface area (Å²) < 4.78 is 5.22. The van der Waals surface area contributed by atoms with E-state index in [4.69, 9.17) is 9.84 Å². The topological polar surface area (TPSA) is 42.4 Å². The highest BCUT2D eigenvalue weighted by atomic mass is 16.5. The molecule has 0 aliphatic carbocycles. The summed E-state index contributed by atoms with van der Waals surface area (Å²) in [7, 11) is 1.58. The summed E-state index contributed by atoms with van der Waals surface area (Å²) in [5, 5.41) is 9.00. The van der Waals surface area contributed by atoms with Gasteiger partial charge in [-0.25, -0.2) is 4.98 Å². The summed E-state index contributed by atoms with van der Waals surface area (Å²) in [6, 6.07) is 13.6. The van der Waals surface area contributed by atoms with Gasteiger partial charge in [0, 0.05) is 5.56 Å². The third-order valence-electron chi connectivity index (χ3n) is 2.36. The van der Waals surface area contributed by atoms with Crippen LogP contribution in [-0.2, 0) is 6.61 Å². The Balaban J connectivity index is 2.49. The molecule has 16 heavy (non-hydrogen) atoms. The average molecular weight is 215 g/mol. The molecule has 3 nitrogen and oxygen atoms in total. The van der Waals surface area contributed by atoms with E-state index in [1.54, 1.807) is 13.2 Å². The largest absolute Gasteiger partial charge is 0.481 e. The number of aromatic nitrogens is 1. The fourth-order valence-corrected chi connectivity index (χ4v) is 1.56. The van der Waals surface area contributed by atoms with Crippen molar-refractivity contribution in [3.8, 4) is 17.0 Å². The number of aliphatic hydroxyl groups excluding tert-OH is 1. The Morgan fingerprint density at radius 3 is 2.50 bits per heavy atom. The van der Waals surface area contributed by atoms with Crippen molar-refractivity contribution in [2.45, 2.75) is 6.61 Å². The van der Waals surface area contributed by atoms with Crippen LogP contribution in [0.4, 0.5) is 0 Å². The molecule has 0 fully saturated rings. The van der Waals surface area contributed by atoms with Gasteiger partial charge in [0.15, 0.2) is 0 Å². The van der Waals surface area contributed by atoms with Crippen molar-refractivity contribution in [2.24, 2.45) is 0 Å². The van der Waals surface area contributed by atoms with Crippen molar-refractivity contribution >= 4 is 0 Å². The van der Waals surface area contributed by atoms with E-state index in [-0.39, 0.29) is 6.61 Å². The molecule has 0 atom stereocenters. The van der Waals surface area contributed by atoms with Crippen LogP contribution in [0.25, 0.3) is 11.1 Å². The molecule has 1 N–H and O–H groups in total. The predicted octanol–water partition coefficient (Wildman–Crippen LogP) is 2.25. The van der Waals surface area contributed by atoms with Gasteiger partial charge in [0.1, 0.15) is 0 Å². The summed E-state index contributed by atoms with van der Waals surface area (Å²) in [4.78, 5) is 4.21. The molecule has 0 aliphatic rings. The number of ether oxygens (including phenoxy) is 1. The third kappa shape index (κ3) is 2.04. The van der Waals surface area contributed by atoms with Crippen molar-refractivity contribution in [1.82, 2.24) is 4.98 Å². The lowest BCUT2D eigenvalue weighted by Gasteiger charge is -2.08. The van der Waals surface area contributed by atoms with Gasteiger partial charge in [-0.05, 0) is 17.7 Å². The Morgan fingerprint density at radius 2 is 1.88 bits per heavy atom. The van der Waals surface area contributed by atoms with Gasteiger partial charge in [-0.2, -0.15) is 0 Å². The predicted molar refractivity (Wildman–Crippen MR) is 62.1 cm³/mol. The van der Waals surface area contributed by atoms with Crippen LogP contribution >= 0.6 is 0 Å². The van der Waals surface area contributed by atoms with Gasteiger partial charge in [0.25, 0.3) is 0 Å². The van der Waals surface area contributed by atoms with Crippen LogP contribution in [0, 0.1) is 0 Å². The maximum absolute atomic E-state index is 9.00. The molecule has 1 aromatic heterocycles. The second-order valence-corrected chi connectivity index (χ2v) is 3.38. The minimum Gasteiger partial charge on any atom is -0.481 e. The van der Waals surface area contributed by atoms with Crippen molar-refractivity contribution in [3.05, 3.63) is 48.2 Å². The highest BCUT2D eigenvalue weighted by Gasteiger charge is 2.07. The molecule has 1 heterocycles. The number of benzene rings is 1. The molecule has 0 amide bonds. The molecule has 0 aliphatic heterocycles. The summed E-state index contributed by atoms with van der Waals surface area (Å²) in [5.41, 5.74) is 2.59. The summed E-state index contributed by atoms with van der Waals surface area (Å²) >= 11 is 0. The Morgan fingerprint density at radius 1 is 1.12 bits per heavy atom. The maximum Gasteiger partial charge on any atom is 0.221 e. The zero-order chi connectivity index (χ0) is 11.4. The minimum atomic E-state index is -0.0779. The average Bonchev–Trinajstić information content (AvgIpc) is 2.39. The summed E-state index contributed by atoms with van der Waals surface area (Å²) in [5.74, 6) is 0.540. The fraction of sp³-hybridized carbons (Fsp3) is 0.154. The highest BCUT2D eigenvalue weighted by molar-refractivity contribution is 5.68. The Labute approximate surface area is 94.3 Å². The van der Waals surface area contributed by atoms with Crippen LogP contribution in [0.5, 0.6) is 5.88 Å². The van der Waals surface area contributed by atoms with Gasteiger partial charge in [0.05, 0.1) is 19.4 Å². The van der Waals surface area contributed by atoms with Crippen molar-refractivity contribution in [1.29, 1.82) is 0 Å². The standard InChI is InChI=1S/C13H13NO2/c1-16-13-12(8-7-11(9-15)14-13)10-5-3-2-4-6-10/h2-8,15H,9H2,1H3. The van der Waals surface area contributed by atoms with Gasteiger partial charge in [-0.1, -0.05) is 30.3 Å². The molecule has 0 radical (unpaired) electrons. The van der Waals surface area contributed by atoms with E-state index in [2.05, 4.69) is 4.98 Å². The van der Waals surface area contributed by atoms with E-state index in [1.165, 1.54) is 0 Å². The molecular weight excluding hydrogens is 202 g/mol. The first-order valence-corrected chi connectivity index (χ1v) is 5.05. The Hall–Kier alpha value is -1.87. The lowest BCUT2D eigenvalue weighted by molar-refractivity contribution is 0.274. The van der Waals surface area contributed by atoms with Gasteiger partial charge in [0.2, 0.25) is 5.88 Å². The molecule has 0 bridgehead atoms. The molecule has 0 spiro atoms. The first kappa shape index (κ1) is 10.6. The minimum absolute atomic E-state index is 0.0779. The molecule has 2 aromatic rings. The van der Waals surface area contributed by atoms with Gasteiger partial charge in [-0.3, -0.25) is 0 Å². The highest BCUT2D eigenvalue weighted by Crippen LogP contribution is 2.27. The van der Waals surface area contributed by atoms with Gasteiger partial charge >= 0.3 is 0 Å². The van der Waals surface area contributed by atoms with Gasteiger partial charge in [-0.15, -0.1) is 0 Å². The molecule has 2 rings (SSSR count). The van der Waals surface area contributed by atoms with Crippen LogP contribution in [0.1, 0.15) is 5.69 Å². The number of hydrogen-bond acceptors (Lipinski definition) is 3. The Bertz CT molecular complexity index is 469. The first-order chi connectivity index (χ1) is 7.85. The van der Waals surface area contributed by atoms with Crippen LogP contribution in [0.15, 0.2) is 42.5 Å². The van der Waals surface area contributed by atoms with Crippen LogP contribution in [0.3, 0.4) is 0 Å². The number of aliphatic hydroxyl groups is 1. The number of pyridine rings is 1. The van der Waals surface area contributed by atoms with E-state index in [0.717, 1.165) is 11.1 Å². The van der Waals surface area contributed by atoms with Crippen LogP contribution < -0.4 is 4.74 Å². The second-order valence-electron chi connectivity index (χ2n) is 3.38. The SMILES string of the molecule is COc1nc(CO)ccc1-c1ccccc1. The molecule has 3 heteroatoms. The maximum atomic E-state index is 9.00. The van der Waals surface area contributed by atoms with Crippen molar-refractivity contribution < 1.29 is 9.84 Å². The first-order valence-electron chi connectivity index (χ1n) is 5.05. The van der Waals surface area contributed by atoms with E-state index >= 15 is 0 Å². The van der Waals surface area contributed by atoms with Gasteiger partial charge < -0.3 is 9.84 Å². The Kier molecular flexibility index (Phi) is 3.17.